The van der Waals surface area contributed by atoms with Crippen LogP contribution in [0.5, 0.6) is 23.0 Å². The molecule has 3 aromatic carbocycles. The number of nitrogens with one attached hydrogen (secondary N) is 1. The lowest BCUT2D eigenvalue weighted by atomic mass is 10.0. The van der Waals surface area contributed by atoms with Crippen LogP contribution in [0.2, 0.25) is 0 Å². The van der Waals surface area contributed by atoms with Crippen molar-refractivity contribution in [3.63, 3.8) is 0 Å². The second kappa shape index (κ2) is 11.5. The number of amides is 1. The molecule has 1 aromatic heterocycles. The summed E-state index contributed by atoms with van der Waals surface area (Å²) in [5.41, 5.74) is 0.750. The van der Waals surface area contributed by atoms with Crippen LogP contribution in [0.3, 0.4) is 0 Å². The first-order valence-corrected chi connectivity index (χ1v) is 11.9. The normalized spacial score (nSPS) is 10.6. The summed E-state index contributed by atoms with van der Waals surface area (Å²) in [5, 5.41) is 3.05. The van der Waals surface area contributed by atoms with Crippen LogP contribution in [0, 0.1) is 0 Å². The van der Waals surface area contributed by atoms with Crippen LogP contribution in [-0.4, -0.2) is 44.2 Å². The van der Waals surface area contributed by atoms with Gasteiger partial charge in [0.25, 0.3) is 0 Å². The predicted octanol–water partition coefficient (Wildman–Crippen LogP) is 4.30. The van der Waals surface area contributed by atoms with Gasteiger partial charge in [0.2, 0.25) is 11.3 Å². The third-order valence-electron chi connectivity index (χ3n) is 5.95. The van der Waals surface area contributed by atoms with Crippen LogP contribution in [0.25, 0.3) is 10.9 Å². The topological polar surface area (TPSA) is 105 Å². The summed E-state index contributed by atoms with van der Waals surface area (Å²) in [6.07, 6.45) is 1.40. The molecule has 1 N–H and O–H groups in total. The molecule has 1 amide bonds. The van der Waals surface area contributed by atoms with Crippen molar-refractivity contribution in [2.75, 3.05) is 33.3 Å². The summed E-state index contributed by atoms with van der Waals surface area (Å²) in [6, 6.07) is 16.6. The predicted molar refractivity (Wildman–Crippen MR) is 144 cm³/mol. The molecule has 0 unspecified atom stereocenters. The Kier molecular flexibility index (Phi) is 7.96. The summed E-state index contributed by atoms with van der Waals surface area (Å²) in [5.74, 6) is 1.16. The highest BCUT2D eigenvalue weighted by atomic mass is 16.5. The van der Waals surface area contributed by atoms with Gasteiger partial charge in [0.1, 0.15) is 18.0 Å². The zero-order chi connectivity index (χ0) is 27.2. The van der Waals surface area contributed by atoms with Gasteiger partial charge in [-0.15, -0.1) is 0 Å². The maximum atomic E-state index is 13.5. The monoisotopic (exact) mass is 516 g/mol. The van der Waals surface area contributed by atoms with E-state index in [2.05, 4.69) is 5.32 Å². The molecule has 0 atom stereocenters. The van der Waals surface area contributed by atoms with Gasteiger partial charge in [-0.05, 0) is 61.5 Å². The first-order chi connectivity index (χ1) is 18.4. The quantitative estimate of drug-likeness (QED) is 0.314. The number of benzene rings is 3. The Hall–Kier alpha value is -4.79. The number of methoxy groups -OCH3 is 3. The highest BCUT2D eigenvalue weighted by Gasteiger charge is 2.20. The minimum absolute atomic E-state index is 0.0799. The Morgan fingerprint density at radius 2 is 1.47 bits per heavy atom. The van der Waals surface area contributed by atoms with Crippen molar-refractivity contribution >= 4 is 28.3 Å². The van der Waals surface area contributed by atoms with Crippen LogP contribution in [0.4, 0.5) is 5.69 Å². The second-order valence-corrected chi connectivity index (χ2v) is 8.29. The number of hydrogen-bond acceptors (Lipinski definition) is 7. The Bertz CT molecular complexity index is 1520. The van der Waals surface area contributed by atoms with E-state index in [-0.39, 0.29) is 23.4 Å². The van der Waals surface area contributed by atoms with Crippen molar-refractivity contribution in [3.05, 3.63) is 88.2 Å². The van der Waals surface area contributed by atoms with Crippen LogP contribution in [0.15, 0.2) is 71.7 Å². The highest BCUT2D eigenvalue weighted by Crippen LogP contribution is 2.31. The van der Waals surface area contributed by atoms with Crippen molar-refractivity contribution in [2.24, 2.45) is 0 Å². The van der Waals surface area contributed by atoms with Crippen molar-refractivity contribution in [3.8, 4) is 23.0 Å². The first kappa shape index (κ1) is 26.3. The SMILES string of the molecule is CCOc1ccc(NC(=O)Cn2cc(C(=O)c3ccc(OC)cc3)c(=O)c3cc(OC)c(OC)cc32)cc1. The summed E-state index contributed by atoms with van der Waals surface area (Å²) in [4.78, 5) is 39.9. The lowest BCUT2D eigenvalue weighted by molar-refractivity contribution is -0.116. The molecule has 4 aromatic rings. The number of aromatic nitrogens is 1. The zero-order valence-corrected chi connectivity index (χ0v) is 21.6. The number of rotatable bonds is 10. The standard InChI is InChI=1S/C29H28N2O7/c1-5-38-21-12-8-19(9-13-21)30-27(32)17-31-16-23(28(33)18-6-10-20(35-2)11-7-18)29(34)22-14-25(36-3)26(37-4)15-24(22)31/h6-16H,5,17H2,1-4H3,(H,30,32). The van der Waals surface area contributed by atoms with Crippen molar-refractivity contribution in [1.82, 2.24) is 4.57 Å². The van der Waals surface area contributed by atoms with E-state index in [1.54, 1.807) is 59.2 Å². The average molecular weight is 517 g/mol. The van der Waals surface area contributed by atoms with E-state index >= 15 is 0 Å². The number of anilines is 1. The second-order valence-electron chi connectivity index (χ2n) is 8.29. The minimum atomic E-state index is -0.482. The van der Waals surface area contributed by atoms with Gasteiger partial charge in [-0.2, -0.15) is 0 Å². The molecule has 0 saturated carbocycles. The summed E-state index contributed by atoms with van der Waals surface area (Å²) in [6.45, 7) is 2.27. The molecule has 38 heavy (non-hydrogen) atoms. The van der Waals surface area contributed by atoms with E-state index in [0.29, 0.717) is 46.4 Å². The average Bonchev–Trinajstić information content (AvgIpc) is 2.94. The van der Waals surface area contributed by atoms with Gasteiger partial charge in [-0.1, -0.05) is 0 Å². The first-order valence-electron chi connectivity index (χ1n) is 11.9. The van der Waals surface area contributed by atoms with Gasteiger partial charge in [0.15, 0.2) is 17.3 Å². The van der Waals surface area contributed by atoms with Gasteiger partial charge < -0.3 is 28.8 Å². The number of pyridine rings is 1. The number of carbonyl (C=O) groups is 2. The van der Waals surface area contributed by atoms with Gasteiger partial charge in [-0.25, -0.2) is 0 Å². The molecule has 0 fully saturated rings. The lowest BCUT2D eigenvalue weighted by Crippen LogP contribution is -2.24. The summed E-state index contributed by atoms with van der Waals surface area (Å²) >= 11 is 0. The lowest BCUT2D eigenvalue weighted by Gasteiger charge is -2.16. The molecule has 1 heterocycles. The van der Waals surface area contributed by atoms with Crippen molar-refractivity contribution < 1.29 is 28.5 Å². The smallest absolute Gasteiger partial charge is 0.244 e. The maximum absolute atomic E-state index is 13.5. The Morgan fingerprint density at radius 1 is 0.842 bits per heavy atom. The summed E-state index contributed by atoms with van der Waals surface area (Å²) < 4.78 is 22.9. The fraction of sp³-hybridized carbons (Fsp3) is 0.207. The minimum Gasteiger partial charge on any atom is -0.497 e. The van der Waals surface area contributed by atoms with Gasteiger partial charge in [0.05, 0.1) is 44.4 Å². The van der Waals surface area contributed by atoms with E-state index in [4.69, 9.17) is 18.9 Å². The Balaban J connectivity index is 1.76. The molecule has 0 aliphatic carbocycles. The molecule has 196 valence electrons. The number of ether oxygens (including phenoxy) is 4. The summed E-state index contributed by atoms with van der Waals surface area (Å²) in [7, 11) is 4.46. The van der Waals surface area contributed by atoms with E-state index in [1.165, 1.54) is 33.6 Å². The highest BCUT2D eigenvalue weighted by molar-refractivity contribution is 6.10. The maximum Gasteiger partial charge on any atom is 0.244 e. The largest absolute Gasteiger partial charge is 0.497 e. The molecular weight excluding hydrogens is 488 g/mol. The molecule has 0 aliphatic heterocycles. The van der Waals surface area contributed by atoms with E-state index in [1.807, 2.05) is 6.92 Å². The third-order valence-corrected chi connectivity index (χ3v) is 5.95. The number of hydrogen-bond donors (Lipinski definition) is 1. The molecule has 0 saturated heterocycles. The van der Waals surface area contributed by atoms with Gasteiger partial charge >= 0.3 is 0 Å². The van der Waals surface area contributed by atoms with Gasteiger partial charge in [0, 0.05) is 23.5 Å². The number of ketones is 1. The van der Waals surface area contributed by atoms with Crippen LogP contribution < -0.4 is 29.7 Å². The molecule has 9 heteroatoms. The van der Waals surface area contributed by atoms with E-state index in [9.17, 15) is 14.4 Å². The molecule has 0 aliphatic rings. The van der Waals surface area contributed by atoms with Crippen LogP contribution in [0.1, 0.15) is 22.8 Å². The molecule has 0 radical (unpaired) electrons. The van der Waals surface area contributed by atoms with Crippen molar-refractivity contribution in [2.45, 2.75) is 13.5 Å². The van der Waals surface area contributed by atoms with E-state index < -0.39 is 11.2 Å². The molecule has 4 rings (SSSR count). The van der Waals surface area contributed by atoms with Gasteiger partial charge in [-0.3, -0.25) is 14.4 Å². The number of fused-ring (bicyclic) bond motifs is 1. The van der Waals surface area contributed by atoms with Crippen LogP contribution >= 0.6 is 0 Å². The molecule has 0 spiro atoms. The third kappa shape index (κ3) is 5.46. The number of nitrogens with zero attached hydrogens (tertiary/aromatic N) is 1. The molecule has 9 nitrogen and oxygen atoms in total. The van der Waals surface area contributed by atoms with Crippen molar-refractivity contribution in [1.29, 1.82) is 0 Å². The van der Waals surface area contributed by atoms with E-state index in [0.717, 1.165) is 0 Å². The fourth-order valence-corrected chi connectivity index (χ4v) is 4.06. The Morgan fingerprint density at radius 3 is 2.08 bits per heavy atom. The molecular formula is C29H28N2O7. The Labute approximate surface area is 219 Å². The fourth-order valence-electron chi connectivity index (χ4n) is 4.06. The molecule has 0 bridgehead atoms. The van der Waals surface area contributed by atoms with Crippen LogP contribution in [-0.2, 0) is 11.3 Å². The number of carbonyl (C=O) groups excluding carboxylic acids is 2. The zero-order valence-electron chi connectivity index (χ0n) is 21.6.